The lowest BCUT2D eigenvalue weighted by molar-refractivity contribution is 0.156. The van der Waals surface area contributed by atoms with E-state index in [1.165, 1.54) is 11.1 Å². The molecule has 1 atom stereocenters. The molecular weight excluding hydrogens is 244 g/mol. The number of aliphatic hydroxyl groups is 1. The molecule has 0 heterocycles. The van der Waals surface area contributed by atoms with Crippen molar-refractivity contribution in [3.8, 4) is 0 Å². The van der Waals surface area contributed by atoms with Crippen molar-refractivity contribution < 1.29 is 5.11 Å². The molecule has 0 saturated heterocycles. The van der Waals surface area contributed by atoms with Gasteiger partial charge in [0, 0.05) is 0 Å². The van der Waals surface area contributed by atoms with Gasteiger partial charge in [-0.3, -0.25) is 0 Å². The number of aliphatic hydroxyl groups excluding tert-OH is 1. The first-order valence-electron chi connectivity index (χ1n) is 7.28. The van der Waals surface area contributed by atoms with Crippen molar-refractivity contribution in [1.82, 2.24) is 0 Å². The highest BCUT2D eigenvalue weighted by Crippen LogP contribution is 2.10. The smallest absolute Gasteiger partial charge is 0.0546 e. The number of hydrogen-bond donors (Lipinski definition) is 1. The maximum atomic E-state index is 9.97. The van der Waals surface area contributed by atoms with E-state index in [2.05, 4.69) is 36.4 Å². The fourth-order valence-electron chi connectivity index (χ4n) is 2.19. The second kappa shape index (κ2) is 8.34. The van der Waals surface area contributed by atoms with E-state index in [0.29, 0.717) is 0 Å². The van der Waals surface area contributed by atoms with Gasteiger partial charge in [0.25, 0.3) is 0 Å². The molecule has 0 aliphatic heterocycles. The first-order chi connectivity index (χ1) is 9.84. The Morgan fingerprint density at radius 3 is 2.20 bits per heavy atom. The van der Waals surface area contributed by atoms with Crippen LogP contribution < -0.4 is 0 Å². The van der Waals surface area contributed by atoms with Crippen molar-refractivity contribution in [3.63, 3.8) is 0 Å². The summed E-state index contributed by atoms with van der Waals surface area (Å²) in [4.78, 5) is 0. The van der Waals surface area contributed by atoms with E-state index in [1.54, 1.807) is 0 Å². The summed E-state index contributed by atoms with van der Waals surface area (Å²) in [5.74, 6) is 0. The molecule has 0 aliphatic carbocycles. The second-order valence-electron chi connectivity index (χ2n) is 5.07. The highest BCUT2D eigenvalue weighted by molar-refractivity contribution is 5.48. The fraction of sp³-hybridized carbons (Fsp3) is 0.263. The molecule has 0 radical (unpaired) electrons. The first-order valence-corrected chi connectivity index (χ1v) is 7.28. The Morgan fingerprint density at radius 2 is 1.50 bits per heavy atom. The molecule has 0 unspecified atom stereocenters. The Balaban J connectivity index is 1.65. The molecule has 0 amide bonds. The van der Waals surface area contributed by atoms with Crippen LogP contribution >= 0.6 is 0 Å². The summed E-state index contributed by atoms with van der Waals surface area (Å²) in [6.45, 7) is 0. The van der Waals surface area contributed by atoms with Crippen molar-refractivity contribution >= 4 is 6.08 Å². The number of allylic oxidation sites excluding steroid dienone is 1. The predicted molar refractivity (Wildman–Crippen MR) is 85.5 cm³/mol. The molecule has 0 aliphatic rings. The summed E-state index contributed by atoms with van der Waals surface area (Å²) in [5.41, 5.74) is 2.51. The average Bonchev–Trinajstić information content (AvgIpc) is 2.52. The second-order valence-corrected chi connectivity index (χ2v) is 5.07. The van der Waals surface area contributed by atoms with Crippen molar-refractivity contribution in [1.29, 1.82) is 0 Å². The third kappa shape index (κ3) is 5.41. The van der Waals surface area contributed by atoms with E-state index in [-0.39, 0.29) is 6.10 Å². The summed E-state index contributed by atoms with van der Waals surface area (Å²) < 4.78 is 0. The number of hydrogen-bond acceptors (Lipinski definition) is 1. The summed E-state index contributed by atoms with van der Waals surface area (Å²) in [7, 11) is 0. The fourth-order valence-corrected chi connectivity index (χ4v) is 2.19. The van der Waals surface area contributed by atoms with Gasteiger partial charge in [-0.25, -0.2) is 0 Å². The summed E-state index contributed by atoms with van der Waals surface area (Å²) >= 11 is 0. The molecule has 0 bridgehead atoms. The zero-order valence-electron chi connectivity index (χ0n) is 11.8. The zero-order chi connectivity index (χ0) is 14.0. The van der Waals surface area contributed by atoms with Crippen molar-refractivity contribution in [2.45, 2.75) is 31.8 Å². The molecule has 1 nitrogen and oxygen atoms in total. The lowest BCUT2D eigenvalue weighted by Gasteiger charge is -2.08. The van der Waals surface area contributed by atoms with Gasteiger partial charge in [-0.15, -0.1) is 0 Å². The highest BCUT2D eigenvalue weighted by atomic mass is 16.3. The minimum absolute atomic E-state index is 0.212. The molecule has 20 heavy (non-hydrogen) atoms. The van der Waals surface area contributed by atoms with Crippen LogP contribution in [0.2, 0.25) is 0 Å². The highest BCUT2D eigenvalue weighted by Gasteiger charge is 2.03. The van der Waals surface area contributed by atoms with Crippen LogP contribution in [-0.4, -0.2) is 11.2 Å². The first kappa shape index (κ1) is 14.5. The summed E-state index contributed by atoms with van der Waals surface area (Å²) in [5, 5.41) is 9.97. The number of aryl methyl sites for hydroxylation is 1. The van der Waals surface area contributed by atoms with Gasteiger partial charge in [-0.1, -0.05) is 72.8 Å². The Morgan fingerprint density at radius 1 is 0.850 bits per heavy atom. The molecule has 0 spiro atoms. The zero-order valence-corrected chi connectivity index (χ0v) is 11.8. The predicted octanol–water partition coefficient (Wildman–Crippen LogP) is 4.47. The Labute approximate surface area is 121 Å². The van der Waals surface area contributed by atoms with E-state index in [0.717, 1.165) is 25.7 Å². The van der Waals surface area contributed by atoms with Gasteiger partial charge in [0.05, 0.1) is 6.10 Å². The molecule has 2 aromatic rings. The van der Waals surface area contributed by atoms with Gasteiger partial charge in [0.15, 0.2) is 0 Å². The average molecular weight is 266 g/mol. The van der Waals surface area contributed by atoms with Crippen LogP contribution in [0.25, 0.3) is 6.08 Å². The number of benzene rings is 2. The van der Waals surface area contributed by atoms with Crippen LogP contribution in [0.15, 0.2) is 66.7 Å². The van der Waals surface area contributed by atoms with Crippen molar-refractivity contribution in [3.05, 3.63) is 77.9 Å². The third-order valence-corrected chi connectivity index (χ3v) is 3.39. The monoisotopic (exact) mass is 266 g/mol. The summed E-state index contributed by atoms with van der Waals surface area (Å²) in [6.07, 6.45) is 7.58. The Bertz CT molecular complexity index is 502. The largest absolute Gasteiger partial charge is 0.393 e. The molecule has 1 heteroatoms. The Hall–Kier alpha value is -1.86. The Kier molecular flexibility index (Phi) is 6.07. The van der Waals surface area contributed by atoms with Gasteiger partial charge in [0.1, 0.15) is 0 Å². The molecule has 2 rings (SSSR count). The minimum atomic E-state index is -0.212. The SMILES string of the molecule is O[C@@H](CCC=Cc1ccccc1)CCc1ccccc1. The van der Waals surface area contributed by atoms with Crippen LogP contribution in [0.4, 0.5) is 0 Å². The molecule has 1 N–H and O–H groups in total. The van der Waals surface area contributed by atoms with Gasteiger partial charge in [-0.2, -0.15) is 0 Å². The maximum Gasteiger partial charge on any atom is 0.0546 e. The van der Waals surface area contributed by atoms with E-state index >= 15 is 0 Å². The number of rotatable bonds is 7. The van der Waals surface area contributed by atoms with Gasteiger partial charge >= 0.3 is 0 Å². The van der Waals surface area contributed by atoms with Gasteiger partial charge in [0.2, 0.25) is 0 Å². The topological polar surface area (TPSA) is 20.2 Å². The lowest BCUT2D eigenvalue weighted by Crippen LogP contribution is -2.07. The van der Waals surface area contributed by atoms with Crippen LogP contribution in [0.5, 0.6) is 0 Å². The van der Waals surface area contributed by atoms with Crippen LogP contribution in [0, 0.1) is 0 Å². The molecule has 0 saturated carbocycles. The molecule has 2 aromatic carbocycles. The van der Waals surface area contributed by atoms with Crippen LogP contribution in [0.3, 0.4) is 0 Å². The van der Waals surface area contributed by atoms with Gasteiger partial charge < -0.3 is 5.11 Å². The molecule has 104 valence electrons. The lowest BCUT2D eigenvalue weighted by atomic mass is 10.0. The molecule has 0 fully saturated rings. The van der Waals surface area contributed by atoms with Crippen molar-refractivity contribution in [2.24, 2.45) is 0 Å². The third-order valence-electron chi connectivity index (χ3n) is 3.39. The molecular formula is C19H22O. The quantitative estimate of drug-likeness (QED) is 0.783. The van der Waals surface area contributed by atoms with E-state index in [1.807, 2.05) is 36.4 Å². The normalized spacial score (nSPS) is 12.7. The summed E-state index contributed by atoms with van der Waals surface area (Å²) in [6, 6.07) is 20.6. The molecule has 0 aromatic heterocycles. The van der Waals surface area contributed by atoms with Crippen molar-refractivity contribution in [2.75, 3.05) is 0 Å². The van der Waals surface area contributed by atoms with E-state index in [4.69, 9.17) is 0 Å². The van der Waals surface area contributed by atoms with E-state index in [9.17, 15) is 5.11 Å². The van der Waals surface area contributed by atoms with Gasteiger partial charge in [-0.05, 0) is 36.8 Å². The van der Waals surface area contributed by atoms with Crippen LogP contribution in [0.1, 0.15) is 30.4 Å². The standard InChI is InChI=1S/C19H22O/c20-19(16-15-18-11-5-2-6-12-18)14-8-7-13-17-9-3-1-4-10-17/h1-7,9-13,19-20H,8,14-16H2/t19-/m0/s1. The van der Waals surface area contributed by atoms with E-state index < -0.39 is 0 Å². The maximum absolute atomic E-state index is 9.97. The minimum Gasteiger partial charge on any atom is -0.393 e. The van der Waals surface area contributed by atoms with Crippen LogP contribution in [-0.2, 0) is 6.42 Å².